The first kappa shape index (κ1) is 20.0. The van der Waals surface area contributed by atoms with Gasteiger partial charge in [0.15, 0.2) is 0 Å². The van der Waals surface area contributed by atoms with Gasteiger partial charge in [0.2, 0.25) is 5.91 Å². The fourth-order valence-electron chi connectivity index (χ4n) is 4.96. The van der Waals surface area contributed by atoms with Gasteiger partial charge in [-0.15, -0.1) is 0 Å². The van der Waals surface area contributed by atoms with Crippen LogP contribution >= 0.6 is 0 Å². The maximum Gasteiger partial charge on any atom is 0.227 e. The van der Waals surface area contributed by atoms with Crippen LogP contribution in [-0.2, 0) is 17.8 Å². The lowest BCUT2D eigenvalue weighted by atomic mass is 9.67. The molecule has 2 aromatic rings. The average molecular weight is 400 g/mol. The minimum Gasteiger partial charge on any atom is -0.355 e. The predicted octanol–water partition coefficient (Wildman–Crippen LogP) is 2.19. The number of H-pyrrole nitrogens is 1. The molecule has 2 saturated heterocycles. The number of halogens is 1. The zero-order valence-corrected chi connectivity index (χ0v) is 17.0. The SMILES string of the molecule is CN1CC[C@]2(C(=O)NCCc3ccccc3F)CCCN(Cc3ncc[nH]3)[C@H]2C1. The molecule has 0 aliphatic carbocycles. The number of nitrogens with zero attached hydrogens (tertiary/aromatic N) is 3. The number of piperidine rings is 2. The van der Waals surface area contributed by atoms with Crippen molar-refractivity contribution in [1.82, 2.24) is 25.1 Å². The number of rotatable bonds is 6. The van der Waals surface area contributed by atoms with E-state index in [9.17, 15) is 9.18 Å². The van der Waals surface area contributed by atoms with E-state index >= 15 is 0 Å². The third-order valence-corrected chi connectivity index (χ3v) is 6.57. The maximum absolute atomic E-state index is 13.9. The van der Waals surface area contributed by atoms with Gasteiger partial charge in [-0.2, -0.15) is 0 Å². The Morgan fingerprint density at radius 1 is 1.34 bits per heavy atom. The van der Waals surface area contributed by atoms with Crippen LogP contribution in [0.5, 0.6) is 0 Å². The number of imidazole rings is 1. The normalized spacial score (nSPS) is 25.5. The smallest absolute Gasteiger partial charge is 0.227 e. The fraction of sp³-hybridized carbons (Fsp3) is 0.545. The molecular formula is C22H30FN5O. The van der Waals surface area contributed by atoms with Crippen LogP contribution in [-0.4, -0.2) is 64.9 Å². The Hall–Kier alpha value is -2.25. The zero-order valence-electron chi connectivity index (χ0n) is 17.0. The highest BCUT2D eigenvalue weighted by atomic mass is 19.1. The second-order valence-electron chi connectivity index (χ2n) is 8.39. The second-order valence-corrected chi connectivity index (χ2v) is 8.39. The molecular weight excluding hydrogens is 369 g/mol. The lowest BCUT2D eigenvalue weighted by Gasteiger charge is -2.53. The number of likely N-dealkylation sites (N-methyl/N-ethyl adjacent to an activating group) is 1. The average Bonchev–Trinajstić information content (AvgIpc) is 3.23. The summed E-state index contributed by atoms with van der Waals surface area (Å²) in [5.74, 6) is 0.851. The van der Waals surface area contributed by atoms with Gasteiger partial charge in [-0.25, -0.2) is 9.37 Å². The summed E-state index contributed by atoms with van der Waals surface area (Å²) >= 11 is 0. The number of aromatic amines is 1. The van der Waals surface area contributed by atoms with Gasteiger partial charge < -0.3 is 15.2 Å². The van der Waals surface area contributed by atoms with E-state index in [-0.39, 0.29) is 23.2 Å². The number of amides is 1. The molecule has 0 radical (unpaired) electrons. The Bertz CT molecular complexity index is 826. The molecule has 0 bridgehead atoms. The third kappa shape index (κ3) is 4.21. The molecule has 1 aromatic carbocycles. The maximum atomic E-state index is 13.9. The van der Waals surface area contributed by atoms with E-state index in [0.717, 1.165) is 51.3 Å². The predicted molar refractivity (Wildman–Crippen MR) is 110 cm³/mol. The molecule has 2 atom stereocenters. The third-order valence-electron chi connectivity index (χ3n) is 6.57. The molecule has 2 aliphatic rings. The highest BCUT2D eigenvalue weighted by molar-refractivity contribution is 5.84. The lowest BCUT2D eigenvalue weighted by Crippen LogP contribution is -2.65. The number of hydrogen-bond donors (Lipinski definition) is 2. The van der Waals surface area contributed by atoms with E-state index in [1.807, 2.05) is 12.3 Å². The van der Waals surface area contributed by atoms with E-state index in [0.29, 0.717) is 18.5 Å². The van der Waals surface area contributed by atoms with Crippen molar-refractivity contribution in [3.63, 3.8) is 0 Å². The van der Waals surface area contributed by atoms with Gasteiger partial charge in [0.1, 0.15) is 11.6 Å². The molecule has 156 valence electrons. The molecule has 0 saturated carbocycles. The van der Waals surface area contributed by atoms with Gasteiger partial charge in [0.25, 0.3) is 0 Å². The summed E-state index contributed by atoms with van der Waals surface area (Å²) in [5, 5.41) is 3.14. The minimum atomic E-state index is -0.382. The molecule has 1 amide bonds. The van der Waals surface area contributed by atoms with E-state index in [4.69, 9.17) is 0 Å². The molecule has 6 nitrogen and oxygen atoms in total. The van der Waals surface area contributed by atoms with Gasteiger partial charge in [-0.1, -0.05) is 18.2 Å². The standard InChI is InChI=1S/C22H30FN5O/c1-27-14-9-22(21(29)26-10-7-17-5-2-3-6-18(17)23)8-4-13-28(19(22)15-27)16-20-24-11-12-25-20/h2-3,5-6,11-12,19H,4,7-10,13-16H2,1H3,(H,24,25)(H,26,29)/t19-,22+/m0/s1. The van der Waals surface area contributed by atoms with Crippen molar-refractivity contribution in [3.8, 4) is 0 Å². The number of likely N-dealkylation sites (tertiary alicyclic amines) is 2. The number of nitrogens with one attached hydrogen (secondary N) is 2. The summed E-state index contributed by atoms with van der Waals surface area (Å²) in [6, 6.07) is 6.93. The highest BCUT2D eigenvalue weighted by Gasteiger charge is 2.52. The van der Waals surface area contributed by atoms with Crippen molar-refractivity contribution in [1.29, 1.82) is 0 Å². The molecule has 3 heterocycles. The topological polar surface area (TPSA) is 64.3 Å². The molecule has 29 heavy (non-hydrogen) atoms. The van der Waals surface area contributed by atoms with Gasteiger partial charge in [-0.3, -0.25) is 9.69 Å². The van der Waals surface area contributed by atoms with Crippen molar-refractivity contribution in [3.05, 3.63) is 53.9 Å². The minimum absolute atomic E-state index is 0.121. The van der Waals surface area contributed by atoms with Crippen LogP contribution in [0, 0.1) is 11.2 Å². The molecule has 0 unspecified atom stereocenters. The van der Waals surface area contributed by atoms with Crippen LogP contribution in [0.25, 0.3) is 0 Å². The number of carbonyl (C=O) groups excluding carboxylic acids is 1. The first-order chi connectivity index (χ1) is 14.1. The summed E-state index contributed by atoms with van der Waals surface area (Å²) in [4.78, 5) is 25.7. The largest absolute Gasteiger partial charge is 0.355 e. The Morgan fingerprint density at radius 2 is 2.21 bits per heavy atom. The Kier molecular flexibility index (Phi) is 5.96. The molecule has 0 spiro atoms. The molecule has 2 fully saturated rings. The lowest BCUT2D eigenvalue weighted by molar-refractivity contribution is -0.145. The van der Waals surface area contributed by atoms with Gasteiger partial charge >= 0.3 is 0 Å². The van der Waals surface area contributed by atoms with E-state index < -0.39 is 0 Å². The second kappa shape index (κ2) is 8.63. The van der Waals surface area contributed by atoms with E-state index in [2.05, 4.69) is 32.1 Å². The molecule has 2 N–H and O–H groups in total. The van der Waals surface area contributed by atoms with Crippen molar-refractivity contribution in [2.45, 2.75) is 38.3 Å². The van der Waals surface area contributed by atoms with Crippen molar-refractivity contribution >= 4 is 5.91 Å². The van der Waals surface area contributed by atoms with E-state index in [1.54, 1.807) is 18.3 Å². The first-order valence-electron chi connectivity index (χ1n) is 10.5. The first-order valence-corrected chi connectivity index (χ1v) is 10.5. The number of benzene rings is 1. The van der Waals surface area contributed by atoms with Crippen LogP contribution in [0.4, 0.5) is 4.39 Å². The summed E-state index contributed by atoms with van der Waals surface area (Å²) < 4.78 is 13.9. The van der Waals surface area contributed by atoms with Crippen molar-refractivity contribution < 1.29 is 9.18 Å². The number of carbonyl (C=O) groups is 1. The molecule has 4 rings (SSSR count). The van der Waals surface area contributed by atoms with Crippen molar-refractivity contribution in [2.75, 3.05) is 33.2 Å². The molecule has 2 aliphatic heterocycles. The summed E-state index contributed by atoms with van der Waals surface area (Å²) in [6.07, 6.45) is 6.89. The summed E-state index contributed by atoms with van der Waals surface area (Å²) in [7, 11) is 2.12. The summed E-state index contributed by atoms with van der Waals surface area (Å²) in [6.45, 7) is 3.97. The van der Waals surface area contributed by atoms with Crippen LogP contribution in [0.15, 0.2) is 36.7 Å². The number of fused-ring (bicyclic) bond motifs is 1. The van der Waals surface area contributed by atoms with Crippen LogP contribution < -0.4 is 5.32 Å². The monoisotopic (exact) mass is 399 g/mol. The molecule has 7 heteroatoms. The Balaban J connectivity index is 1.46. The van der Waals surface area contributed by atoms with Crippen LogP contribution in [0.3, 0.4) is 0 Å². The van der Waals surface area contributed by atoms with Gasteiger partial charge in [-0.05, 0) is 57.5 Å². The van der Waals surface area contributed by atoms with Gasteiger partial charge in [0.05, 0.1) is 12.0 Å². The highest BCUT2D eigenvalue weighted by Crippen LogP contribution is 2.42. The zero-order chi connectivity index (χ0) is 20.3. The van der Waals surface area contributed by atoms with Crippen LogP contribution in [0.2, 0.25) is 0 Å². The quantitative estimate of drug-likeness (QED) is 0.782. The number of hydrogen-bond acceptors (Lipinski definition) is 4. The number of aromatic nitrogens is 2. The Labute approximate surface area is 171 Å². The van der Waals surface area contributed by atoms with Gasteiger partial charge in [0, 0.05) is 31.5 Å². The fourth-order valence-corrected chi connectivity index (χ4v) is 4.96. The van der Waals surface area contributed by atoms with Crippen LogP contribution in [0.1, 0.15) is 30.7 Å². The summed E-state index contributed by atoms with van der Waals surface area (Å²) in [5.41, 5.74) is 0.264. The van der Waals surface area contributed by atoms with Crippen molar-refractivity contribution in [2.24, 2.45) is 5.41 Å². The Morgan fingerprint density at radius 3 is 3.00 bits per heavy atom. The van der Waals surface area contributed by atoms with E-state index in [1.165, 1.54) is 6.07 Å². The molecule has 1 aromatic heterocycles.